The van der Waals surface area contributed by atoms with E-state index in [4.69, 9.17) is 4.74 Å². The van der Waals surface area contributed by atoms with Gasteiger partial charge in [-0.1, -0.05) is 64.5 Å². The van der Waals surface area contributed by atoms with Crippen molar-refractivity contribution >= 4 is 66.4 Å². The van der Waals surface area contributed by atoms with Gasteiger partial charge in [-0.2, -0.15) is 5.10 Å². The van der Waals surface area contributed by atoms with Crippen molar-refractivity contribution in [2.75, 3.05) is 11.9 Å². The Balaban J connectivity index is 1.40. The lowest BCUT2D eigenvalue weighted by molar-refractivity contribution is -0.119. The van der Waals surface area contributed by atoms with Crippen LogP contribution in [0, 0.1) is 0 Å². The fraction of sp³-hybridized carbons (Fsp3) is 0.0385. The smallest absolute Gasteiger partial charge is 0.343 e. The molecule has 4 rings (SSSR count). The van der Waals surface area contributed by atoms with Gasteiger partial charge in [0.2, 0.25) is 0 Å². The number of halogens is 2. The quantitative estimate of drug-likeness (QED) is 0.119. The molecule has 0 saturated carbocycles. The predicted molar refractivity (Wildman–Crippen MR) is 141 cm³/mol. The first-order valence-corrected chi connectivity index (χ1v) is 11.9. The number of hydrazone groups is 1. The molecule has 0 saturated heterocycles. The van der Waals surface area contributed by atoms with Gasteiger partial charge in [0, 0.05) is 15.7 Å². The first-order chi connectivity index (χ1) is 16.5. The molecule has 0 aliphatic heterocycles. The third kappa shape index (κ3) is 6.09. The number of ether oxygens (including phenoxy) is 1. The molecule has 6 nitrogen and oxygen atoms in total. The molecule has 4 aromatic rings. The number of carbonyl (C=O) groups excluding carboxylic acids is 2. The van der Waals surface area contributed by atoms with E-state index in [1.807, 2.05) is 48.5 Å². The molecule has 0 radical (unpaired) electrons. The zero-order valence-electron chi connectivity index (χ0n) is 17.8. The van der Waals surface area contributed by atoms with Crippen LogP contribution in [-0.2, 0) is 4.79 Å². The van der Waals surface area contributed by atoms with Gasteiger partial charge in [-0.3, -0.25) is 4.79 Å². The molecule has 0 atom stereocenters. The summed E-state index contributed by atoms with van der Waals surface area (Å²) in [6.45, 7) is 0.0493. The molecular formula is C26H19Br2N3O3. The predicted octanol–water partition coefficient (Wildman–Crippen LogP) is 6.15. The molecule has 2 N–H and O–H groups in total. The number of hydrogen-bond donors (Lipinski definition) is 2. The van der Waals surface area contributed by atoms with Gasteiger partial charge in [-0.05, 0) is 63.1 Å². The van der Waals surface area contributed by atoms with Crippen molar-refractivity contribution in [3.63, 3.8) is 0 Å². The van der Waals surface area contributed by atoms with E-state index < -0.39 is 5.97 Å². The summed E-state index contributed by atoms with van der Waals surface area (Å²) in [5.74, 6) is -0.521. The Labute approximate surface area is 213 Å². The average molecular weight is 581 g/mol. The fourth-order valence-electron chi connectivity index (χ4n) is 3.20. The monoisotopic (exact) mass is 579 g/mol. The van der Waals surface area contributed by atoms with Crippen LogP contribution in [0.1, 0.15) is 15.9 Å². The molecule has 4 aromatic carbocycles. The van der Waals surface area contributed by atoms with Crippen molar-refractivity contribution < 1.29 is 14.3 Å². The summed E-state index contributed by atoms with van der Waals surface area (Å²) in [5, 5.41) is 9.34. The van der Waals surface area contributed by atoms with Crippen LogP contribution in [0.2, 0.25) is 0 Å². The van der Waals surface area contributed by atoms with Crippen molar-refractivity contribution in [1.29, 1.82) is 0 Å². The third-order valence-corrected chi connectivity index (χ3v) is 5.88. The van der Waals surface area contributed by atoms with Crippen molar-refractivity contribution in [2.24, 2.45) is 5.10 Å². The van der Waals surface area contributed by atoms with Gasteiger partial charge in [0.25, 0.3) is 5.91 Å². The van der Waals surface area contributed by atoms with Gasteiger partial charge in [0.1, 0.15) is 0 Å². The maximum Gasteiger partial charge on any atom is 0.343 e. The van der Waals surface area contributed by atoms with E-state index in [2.05, 4.69) is 47.7 Å². The molecule has 0 bridgehead atoms. The van der Waals surface area contributed by atoms with Crippen LogP contribution < -0.4 is 15.5 Å². The first-order valence-electron chi connectivity index (χ1n) is 10.3. The molecule has 0 unspecified atom stereocenters. The van der Waals surface area contributed by atoms with Gasteiger partial charge < -0.3 is 10.1 Å². The van der Waals surface area contributed by atoms with Gasteiger partial charge >= 0.3 is 5.97 Å². The number of anilines is 1. The van der Waals surface area contributed by atoms with E-state index in [-0.39, 0.29) is 12.5 Å². The lowest BCUT2D eigenvalue weighted by atomic mass is 10.1. The summed E-state index contributed by atoms with van der Waals surface area (Å²) in [7, 11) is 0. The number of amides is 1. The first kappa shape index (κ1) is 23.7. The molecule has 0 heterocycles. The topological polar surface area (TPSA) is 79.8 Å². The summed E-state index contributed by atoms with van der Waals surface area (Å²) >= 11 is 6.84. The maximum atomic E-state index is 12.5. The number of hydrogen-bond acceptors (Lipinski definition) is 5. The van der Waals surface area contributed by atoms with Crippen LogP contribution in [-0.4, -0.2) is 24.6 Å². The molecule has 0 aliphatic rings. The number of fused-ring (bicyclic) bond motifs is 1. The summed E-state index contributed by atoms with van der Waals surface area (Å²) in [6, 6.07) is 26.1. The highest BCUT2D eigenvalue weighted by atomic mass is 79.9. The maximum absolute atomic E-state index is 12.5. The Morgan fingerprint density at radius 2 is 1.62 bits per heavy atom. The summed E-state index contributed by atoms with van der Waals surface area (Å²) in [5.41, 5.74) is 4.26. The van der Waals surface area contributed by atoms with Crippen LogP contribution in [0.5, 0.6) is 5.75 Å². The molecule has 170 valence electrons. The van der Waals surface area contributed by atoms with E-state index in [1.54, 1.807) is 36.4 Å². The van der Waals surface area contributed by atoms with E-state index in [0.29, 0.717) is 21.3 Å². The molecule has 0 aliphatic carbocycles. The second-order valence-corrected chi connectivity index (χ2v) is 9.04. The second-order valence-electron chi connectivity index (χ2n) is 7.27. The Bertz CT molecular complexity index is 1370. The second kappa shape index (κ2) is 11.1. The SMILES string of the molecule is O=C(CNc1ccc2ccccc2c1)N/N=C/c1cc(Br)cc(Br)c1OC(=O)c1ccccc1. The number of rotatable bonds is 7. The number of esters is 1. The molecular weight excluding hydrogens is 562 g/mol. The minimum Gasteiger partial charge on any atom is -0.421 e. The van der Waals surface area contributed by atoms with E-state index in [9.17, 15) is 9.59 Å². The number of nitrogens with zero attached hydrogens (tertiary/aromatic N) is 1. The highest BCUT2D eigenvalue weighted by Gasteiger charge is 2.15. The van der Waals surface area contributed by atoms with Crippen LogP contribution >= 0.6 is 31.9 Å². The molecule has 34 heavy (non-hydrogen) atoms. The van der Waals surface area contributed by atoms with Gasteiger partial charge in [-0.15, -0.1) is 0 Å². The Morgan fingerprint density at radius 3 is 2.41 bits per heavy atom. The van der Waals surface area contributed by atoms with Crippen LogP contribution in [0.25, 0.3) is 10.8 Å². The van der Waals surface area contributed by atoms with Crippen molar-refractivity contribution in [3.8, 4) is 5.75 Å². The molecule has 0 spiro atoms. The Hall–Kier alpha value is -3.49. The third-order valence-electron chi connectivity index (χ3n) is 4.84. The molecule has 0 aromatic heterocycles. The standard InChI is InChI=1S/C26H19Br2N3O3/c27-21-12-20(25(23(28)14-21)34-26(33)18-7-2-1-3-8-18)15-30-31-24(32)16-29-22-11-10-17-6-4-5-9-19(17)13-22/h1-15,29H,16H2,(H,31,32)/b30-15+. The highest BCUT2D eigenvalue weighted by molar-refractivity contribution is 9.11. The van der Waals surface area contributed by atoms with Crippen LogP contribution in [0.4, 0.5) is 5.69 Å². The van der Waals surface area contributed by atoms with Crippen molar-refractivity contribution in [1.82, 2.24) is 5.43 Å². The summed E-state index contributed by atoms with van der Waals surface area (Å²) in [6.07, 6.45) is 1.43. The molecule has 1 amide bonds. The highest BCUT2D eigenvalue weighted by Crippen LogP contribution is 2.32. The Kier molecular flexibility index (Phi) is 7.72. The number of benzene rings is 4. The molecule has 8 heteroatoms. The zero-order valence-corrected chi connectivity index (χ0v) is 21.0. The number of nitrogens with one attached hydrogen (secondary N) is 2. The fourth-order valence-corrected chi connectivity index (χ4v) is 4.54. The number of carbonyl (C=O) groups is 2. The molecule has 0 fully saturated rings. The van der Waals surface area contributed by atoms with Crippen LogP contribution in [0.3, 0.4) is 0 Å². The minimum absolute atomic E-state index is 0.0493. The zero-order chi connectivity index (χ0) is 23.9. The van der Waals surface area contributed by atoms with Crippen molar-refractivity contribution in [3.05, 3.63) is 105 Å². The summed E-state index contributed by atoms with van der Waals surface area (Å²) < 4.78 is 6.91. The lowest BCUT2D eigenvalue weighted by Gasteiger charge is -2.10. The van der Waals surface area contributed by atoms with Crippen LogP contribution in [0.15, 0.2) is 99.0 Å². The normalized spacial score (nSPS) is 10.9. The Morgan fingerprint density at radius 1 is 0.882 bits per heavy atom. The average Bonchev–Trinajstić information content (AvgIpc) is 2.85. The largest absolute Gasteiger partial charge is 0.421 e. The lowest BCUT2D eigenvalue weighted by Crippen LogP contribution is -2.25. The van der Waals surface area contributed by atoms with E-state index in [0.717, 1.165) is 20.9 Å². The van der Waals surface area contributed by atoms with Gasteiger partial charge in [0.05, 0.1) is 22.8 Å². The minimum atomic E-state index is -0.498. The van der Waals surface area contributed by atoms with E-state index >= 15 is 0 Å². The van der Waals surface area contributed by atoms with Crippen molar-refractivity contribution in [2.45, 2.75) is 0 Å². The van der Waals surface area contributed by atoms with Gasteiger partial charge in [0.15, 0.2) is 5.75 Å². The van der Waals surface area contributed by atoms with E-state index in [1.165, 1.54) is 6.21 Å². The van der Waals surface area contributed by atoms with Gasteiger partial charge in [-0.25, -0.2) is 10.2 Å². The summed E-state index contributed by atoms with van der Waals surface area (Å²) in [4.78, 5) is 24.8.